The summed E-state index contributed by atoms with van der Waals surface area (Å²) < 4.78 is 0. The quantitative estimate of drug-likeness (QED) is 0.117. The lowest BCUT2D eigenvalue weighted by atomic mass is 9.91. The van der Waals surface area contributed by atoms with Crippen molar-refractivity contribution in [2.24, 2.45) is 17.6 Å². The van der Waals surface area contributed by atoms with E-state index in [1.807, 2.05) is 38.8 Å². The molecule has 16 nitrogen and oxygen atoms in total. The largest absolute Gasteiger partial charge is 0.399 e. The standard InChI is InChI=1S/C43H54N10O4.C2H6.CH5N.CH2O/c1-26-22-51(38-19-30(9-14-47-38)40(46)35-20-31(44)3-6-36(35)45)23-27(2)52(26)25-29-10-15-49(16-11-29)24-28-12-17-50(18-13-28)32-4-5-33-34(21-32)43(57)53(42(33)56)37-7-8-39(54)48-41(37)55;3*1-2/h3-6,9,14,19-21,26-29,37,46H,7-8,10-13,15-18,22-25,44-45H2,1-2H3,(H,48,54,55);1-2H3;2H2,1H3;1H2. The zero-order valence-electron chi connectivity index (χ0n) is 37.6. The molecule has 16 heteroatoms. The average Bonchev–Trinajstić information content (AvgIpc) is 3.55. The number of aromatic nitrogens is 1. The fourth-order valence-electron chi connectivity index (χ4n) is 9.64. The van der Waals surface area contributed by atoms with Crippen LogP contribution in [0.3, 0.4) is 0 Å². The molecular weight excluding hydrogens is 799 g/mol. The molecule has 0 radical (unpaired) electrons. The molecule has 4 saturated heterocycles. The Morgan fingerprint density at radius 1 is 0.778 bits per heavy atom. The van der Waals surface area contributed by atoms with E-state index in [1.165, 1.54) is 19.9 Å². The predicted octanol–water partition coefficient (Wildman–Crippen LogP) is 4.01. The third-order valence-electron chi connectivity index (χ3n) is 12.9. The number of anilines is 4. The van der Waals surface area contributed by atoms with Gasteiger partial charge in [0.15, 0.2) is 0 Å². The van der Waals surface area contributed by atoms with Crippen molar-refractivity contribution in [3.05, 3.63) is 77.0 Å². The second-order valence-electron chi connectivity index (χ2n) is 16.8. The van der Waals surface area contributed by atoms with E-state index in [2.05, 4.69) is 44.5 Å². The van der Waals surface area contributed by atoms with Crippen LogP contribution in [0.25, 0.3) is 0 Å². The van der Waals surface area contributed by atoms with Gasteiger partial charge < -0.3 is 36.7 Å². The molecule has 0 bridgehead atoms. The minimum Gasteiger partial charge on any atom is -0.399 e. The number of pyridine rings is 1. The Balaban J connectivity index is 0.00000120. The molecule has 0 saturated carbocycles. The fourth-order valence-corrected chi connectivity index (χ4v) is 9.64. The molecule has 340 valence electrons. The fraction of sp³-hybridized carbons (Fsp3) is 0.511. The number of carbonyl (C=O) groups excluding carboxylic acids is 5. The number of nitrogens with one attached hydrogen (secondary N) is 2. The molecule has 4 fully saturated rings. The maximum absolute atomic E-state index is 13.4. The van der Waals surface area contributed by atoms with Crippen molar-refractivity contribution in [2.45, 2.75) is 84.3 Å². The van der Waals surface area contributed by atoms with Crippen LogP contribution in [0.4, 0.5) is 22.9 Å². The molecule has 6 heterocycles. The van der Waals surface area contributed by atoms with Gasteiger partial charge in [0.05, 0.1) is 16.8 Å². The Bertz CT molecular complexity index is 2090. The first kappa shape index (κ1) is 48.3. The van der Waals surface area contributed by atoms with Crippen LogP contribution < -0.4 is 32.3 Å². The number of benzene rings is 2. The van der Waals surface area contributed by atoms with Crippen LogP contribution in [0.1, 0.15) is 98.1 Å². The second kappa shape index (κ2) is 22.1. The number of hydrogen-bond donors (Lipinski definition) is 5. The highest BCUT2D eigenvalue weighted by Gasteiger charge is 2.45. The molecule has 3 aromatic rings. The van der Waals surface area contributed by atoms with Gasteiger partial charge in [-0.3, -0.25) is 39.7 Å². The van der Waals surface area contributed by atoms with Crippen molar-refractivity contribution in [2.75, 3.05) is 80.7 Å². The Morgan fingerprint density at radius 2 is 1.40 bits per heavy atom. The molecule has 5 aliphatic rings. The van der Waals surface area contributed by atoms with Gasteiger partial charge in [-0.05, 0) is 126 Å². The number of piperazine rings is 1. The van der Waals surface area contributed by atoms with Crippen molar-refractivity contribution >= 4 is 59.0 Å². The Kier molecular flexibility index (Phi) is 16.9. The van der Waals surface area contributed by atoms with Crippen LogP contribution in [0.2, 0.25) is 0 Å². The number of carbonyl (C=O) groups is 5. The molecule has 4 amide bonds. The van der Waals surface area contributed by atoms with Gasteiger partial charge in [-0.15, -0.1) is 0 Å². The molecule has 8 N–H and O–H groups in total. The summed E-state index contributed by atoms with van der Waals surface area (Å²) >= 11 is 0. The topological polar surface area (TPSA) is 228 Å². The summed E-state index contributed by atoms with van der Waals surface area (Å²) in [6.07, 6.45) is 6.58. The number of imide groups is 2. The van der Waals surface area contributed by atoms with E-state index in [4.69, 9.17) is 26.7 Å². The molecule has 0 spiro atoms. The SMILES string of the molecule is C=O.CC.CC1CN(c2cc(C(=N)c3cc(N)ccc3N)ccn2)CC(C)N1CC1CCN(CC2CCN(c3ccc4c(c3)C(=O)N(C3CCC(=O)NC3=O)C4=O)CC2)CC1.CN. The zero-order chi connectivity index (χ0) is 46.0. The van der Waals surface area contributed by atoms with Gasteiger partial charge in [-0.2, -0.15) is 0 Å². The first-order valence-electron chi connectivity index (χ1n) is 22.3. The van der Waals surface area contributed by atoms with Gasteiger partial charge in [0.2, 0.25) is 11.8 Å². The third-order valence-corrected chi connectivity index (χ3v) is 12.9. The minimum absolute atomic E-state index is 0.104. The van der Waals surface area contributed by atoms with Gasteiger partial charge in [0, 0.05) is 92.2 Å². The van der Waals surface area contributed by atoms with Gasteiger partial charge in [-0.25, -0.2) is 4.98 Å². The first-order chi connectivity index (χ1) is 30.4. The number of nitrogens with zero attached hydrogens (tertiary/aromatic N) is 6. The highest BCUT2D eigenvalue weighted by molar-refractivity contribution is 6.23. The first-order valence-corrected chi connectivity index (χ1v) is 22.3. The van der Waals surface area contributed by atoms with Crippen LogP contribution in [-0.4, -0.2) is 133 Å². The number of fused-ring (bicyclic) bond motifs is 1. The molecule has 0 aliphatic carbocycles. The normalized spacial score (nSPS) is 22.2. The van der Waals surface area contributed by atoms with Gasteiger partial charge in [0.1, 0.15) is 18.6 Å². The Hall–Kier alpha value is -5.71. The number of nitrogen functional groups attached to an aromatic ring is 2. The molecule has 3 atom stereocenters. The van der Waals surface area contributed by atoms with Crippen LogP contribution in [0, 0.1) is 17.2 Å². The lowest BCUT2D eigenvalue weighted by Gasteiger charge is -2.47. The lowest BCUT2D eigenvalue weighted by Crippen LogP contribution is -2.58. The van der Waals surface area contributed by atoms with Gasteiger partial charge in [-0.1, -0.05) is 13.8 Å². The smallest absolute Gasteiger partial charge is 0.262 e. The maximum Gasteiger partial charge on any atom is 0.262 e. The van der Waals surface area contributed by atoms with E-state index < -0.39 is 23.8 Å². The van der Waals surface area contributed by atoms with E-state index in [0.29, 0.717) is 57.7 Å². The number of rotatable bonds is 9. The van der Waals surface area contributed by atoms with Crippen LogP contribution in [0.15, 0.2) is 54.7 Å². The summed E-state index contributed by atoms with van der Waals surface area (Å²) in [7, 11) is 1.50. The van der Waals surface area contributed by atoms with E-state index in [1.54, 1.807) is 36.5 Å². The Morgan fingerprint density at radius 3 is 2.05 bits per heavy atom. The van der Waals surface area contributed by atoms with Crippen molar-refractivity contribution in [1.82, 2.24) is 25.0 Å². The number of likely N-dealkylation sites (tertiary alicyclic amines) is 1. The summed E-state index contributed by atoms with van der Waals surface area (Å²) in [5.74, 6) is 0.265. The summed E-state index contributed by atoms with van der Waals surface area (Å²) in [6, 6.07) is 14.3. The molecule has 3 unspecified atom stereocenters. The summed E-state index contributed by atoms with van der Waals surface area (Å²) in [4.78, 5) is 74.3. The maximum atomic E-state index is 13.4. The van der Waals surface area contributed by atoms with E-state index in [9.17, 15) is 19.2 Å². The molecule has 63 heavy (non-hydrogen) atoms. The minimum atomic E-state index is -0.957. The van der Waals surface area contributed by atoms with Crippen molar-refractivity contribution in [3.8, 4) is 0 Å². The number of amides is 4. The van der Waals surface area contributed by atoms with E-state index >= 15 is 0 Å². The zero-order valence-corrected chi connectivity index (χ0v) is 37.6. The van der Waals surface area contributed by atoms with E-state index in [0.717, 1.165) is 87.2 Å². The van der Waals surface area contributed by atoms with Crippen molar-refractivity contribution in [1.29, 1.82) is 5.41 Å². The highest BCUT2D eigenvalue weighted by atomic mass is 16.2. The predicted molar refractivity (Wildman–Crippen MR) is 249 cm³/mol. The monoisotopic (exact) mass is 866 g/mol. The lowest BCUT2D eigenvalue weighted by molar-refractivity contribution is -0.136. The second-order valence-corrected chi connectivity index (χ2v) is 16.8. The third kappa shape index (κ3) is 10.9. The van der Waals surface area contributed by atoms with Crippen LogP contribution in [0.5, 0.6) is 0 Å². The summed E-state index contributed by atoms with van der Waals surface area (Å²) in [6.45, 7) is 18.6. The average molecular weight is 866 g/mol. The van der Waals surface area contributed by atoms with Crippen LogP contribution in [-0.2, 0) is 14.4 Å². The van der Waals surface area contributed by atoms with Crippen molar-refractivity contribution < 1.29 is 24.0 Å². The molecule has 5 aliphatic heterocycles. The van der Waals surface area contributed by atoms with E-state index in [-0.39, 0.29) is 18.7 Å². The number of piperidine rings is 3. The molecule has 8 rings (SSSR count). The number of nitrogens with two attached hydrogens (primary N) is 3. The molecule has 1 aromatic heterocycles. The highest BCUT2D eigenvalue weighted by Crippen LogP contribution is 2.33. The summed E-state index contributed by atoms with van der Waals surface area (Å²) in [5.41, 5.74) is 21.1. The molecule has 2 aromatic carbocycles. The van der Waals surface area contributed by atoms with Gasteiger partial charge in [0.25, 0.3) is 11.8 Å². The number of hydrogen-bond acceptors (Lipinski definition) is 14. The van der Waals surface area contributed by atoms with Gasteiger partial charge >= 0.3 is 0 Å². The summed E-state index contributed by atoms with van der Waals surface area (Å²) in [5, 5.41) is 11.1. The van der Waals surface area contributed by atoms with Crippen LogP contribution >= 0.6 is 0 Å². The molecular formula is C47H67N11O5. The van der Waals surface area contributed by atoms with Crippen molar-refractivity contribution in [3.63, 3.8) is 0 Å². The Labute approximate surface area is 372 Å².